The number of ketones is 1. The highest BCUT2D eigenvalue weighted by atomic mass is 32.1. The van der Waals surface area contributed by atoms with E-state index in [9.17, 15) is 9.59 Å². The van der Waals surface area contributed by atoms with E-state index >= 15 is 0 Å². The quantitative estimate of drug-likeness (QED) is 0.444. The van der Waals surface area contributed by atoms with Crippen LogP contribution in [0.3, 0.4) is 0 Å². The molecule has 2 N–H and O–H groups in total. The summed E-state index contributed by atoms with van der Waals surface area (Å²) in [5.41, 5.74) is 0. The molecule has 0 radical (unpaired) electrons. The smallest absolute Gasteiger partial charge is 0.238 e. The van der Waals surface area contributed by atoms with Crippen molar-refractivity contribution in [2.75, 3.05) is 13.7 Å². The first-order chi connectivity index (χ1) is 7.43. The molecule has 0 bridgehead atoms. The van der Waals surface area contributed by atoms with Gasteiger partial charge in [-0.1, -0.05) is 13.8 Å². The second kappa shape index (κ2) is 7.65. The molecule has 0 fully saturated rings. The van der Waals surface area contributed by atoms with E-state index in [1.54, 1.807) is 7.05 Å². The summed E-state index contributed by atoms with van der Waals surface area (Å²) < 4.78 is 4.58. The van der Waals surface area contributed by atoms with Gasteiger partial charge in [-0.15, -0.1) is 0 Å². The average Bonchev–Trinajstić information content (AvgIpc) is 2.17. The Morgan fingerprint density at radius 1 is 1.38 bits per heavy atom. The van der Waals surface area contributed by atoms with Gasteiger partial charge in [-0.05, 0) is 32.8 Å². The third-order valence-electron chi connectivity index (χ3n) is 2.31. The van der Waals surface area contributed by atoms with Gasteiger partial charge in [0.25, 0.3) is 0 Å². The van der Waals surface area contributed by atoms with Gasteiger partial charge >= 0.3 is 0 Å². The second-order valence-corrected chi connectivity index (χ2v) is 4.24. The van der Waals surface area contributed by atoms with Gasteiger partial charge < -0.3 is 14.8 Å². The summed E-state index contributed by atoms with van der Waals surface area (Å²) in [6.45, 7) is 5.33. The summed E-state index contributed by atoms with van der Waals surface area (Å²) >= 11 is 3.57. The Morgan fingerprint density at radius 3 is 2.25 bits per heavy atom. The van der Waals surface area contributed by atoms with Gasteiger partial charge in [-0.25, -0.2) is 0 Å². The maximum atomic E-state index is 11.8. The molecule has 0 aliphatic rings. The zero-order chi connectivity index (χ0) is 12.7. The lowest BCUT2D eigenvalue weighted by atomic mass is 10.0. The van der Waals surface area contributed by atoms with Crippen molar-refractivity contribution in [1.29, 1.82) is 0 Å². The van der Waals surface area contributed by atoms with Crippen LogP contribution in [0.2, 0.25) is 0 Å². The average molecular weight is 248 g/mol. The molecule has 94 valence electrons. The molecule has 0 spiro atoms. The molecule has 1 amide bonds. The van der Waals surface area contributed by atoms with Crippen LogP contribution in [-0.2, 0) is 13.8 Å². The van der Waals surface area contributed by atoms with Crippen molar-refractivity contribution >= 4 is 24.6 Å². The number of hydrogen-bond donors (Lipinski definition) is 3. The number of amides is 1. The Balaban J connectivity index is 4.43. The molecule has 0 saturated carbocycles. The van der Waals surface area contributed by atoms with E-state index in [0.717, 1.165) is 0 Å². The molecular weight excluding hydrogens is 228 g/mol. The summed E-state index contributed by atoms with van der Waals surface area (Å²) in [7, 11) is 1.71. The Morgan fingerprint density at radius 2 is 1.94 bits per heavy atom. The van der Waals surface area contributed by atoms with Gasteiger partial charge in [0.15, 0.2) is 5.78 Å². The molecule has 0 saturated heterocycles. The second-order valence-electron chi connectivity index (χ2n) is 3.98. The van der Waals surface area contributed by atoms with Crippen molar-refractivity contribution in [1.82, 2.24) is 10.6 Å². The van der Waals surface area contributed by atoms with Gasteiger partial charge in [0.2, 0.25) is 5.91 Å². The Hall–Kier alpha value is -0.590. The molecule has 0 aromatic carbocycles. The fraction of sp³-hybridized carbons (Fsp3) is 0.800. The maximum absolute atomic E-state index is 11.8. The first-order valence-electron chi connectivity index (χ1n) is 5.18. The largest absolute Gasteiger partial charge is 0.343 e. The fourth-order valence-electron chi connectivity index (χ4n) is 1.36. The van der Waals surface area contributed by atoms with Gasteiger partial charge in [-0.3, -0.25) is 9.59 Å². The molecule has 0 heterocycles. The van der Waals surface area contributed by atoms with Crippen molar-refractivity contribution in [3.05, 3.63) is 0 Å². The number of rotatable bonds is 7. The van der Waals surface area contributed by atoms with E-state index in [2.05, 4.69) is 27.7 Å². The predicted molar refractivity (Wildman–Crippen MR) is 65.2 cm³/mol. The van der Waals surface area contributed by atoms with Crippen LogP contribution in [0.4, 0.5) is 0 Å². The summed E-state index contributed by atoms with van der Waals surface area (Å²) in [4.78, 5) is 23.0. The van der Waals surface area contributed by atoms with Crippen LogP contribution in [0.25, 0.3) is 0 Å². The minimum absolute atomic E-state index is 0.0682. The summed E-state index contributed by atoms with van der Waals surface area (Å²) in [6.07, 6.45) is 0. The van der Waals surface area contributed by atoms with Crippen molar-refractivity contribution < 1.29 is 13.8 Å². The lowest BCUT2D eigenvalue weighted by Crippen LogP contribution is -2.52. The van der Waals surface area contributed by atoms with E-state index in [1.807, 2.05) is 13.8 Å². The van der Waals surface area contributed by atoms with Crippen LogP contribution in [0.15, 0.2) is 0 Å². The van der Waals surface area contributed by atoms with Crippen molar-refractivity contribution in [3.63, 3.8) is 0 Å². The molecule has 0 aliphatic carbocycles. The van der Waals surface area contributed by atoms with Crippen LogP contribution < -0.4 is 10.6 Å². The van der Waals surface area contributed by atoms with E-state index in [0.29, 0.717) is 0 Å². The van der Waals surface area contributed by atoms with Crippen molar-refractivity contribution in [2.24, 2.45) is 5.92 Å². The third-order valence-corrected chi connectivity index (χ3v) is 2.46. The highest BCUT2D eigenvalue weighted by molar-refractivity contribution is 7.75. The first-order valence-corrected chi connectivity index (χ1v) is 5.55. The van der Waals surface area contributed by atoms with E-state index in [-0.39, 0.29) is 30.3 Å². The molecule has 2 unspecified atom stereocenters. The minimum atomic E-state index is -0.639. The summed E-state index contributed by atoms with van der Waals surface area (Å²) in [5.74, 6) is -0.210. The standard InChI is InChI=1S/C10H20N2O3S/c1-6(2)9(11-4)10(14)12-8(5-15-16)7(3)13/h6,8-9,11,16H,5H2,1-4H3,(H,12,14). The monoisotopic (exact) mass is 248 g/mol. The normalized spacial score (nSPS) is 14.6. The minimum Gasteiger partial charge on any atom is -0.343 e. The topological polar surface area (TPSA) is 67.4 Å². The number of thiol groups is 1. The SMILES string of the molecule is CNC(C(=O)NC(COS)C(C)=O)C(C)C. The van der Waals surface area contributed by atoms with Gasteiger partial charge in [0, 0.05) is 0 Å². The molecule has 0 aliphatic heterocycles. The lowest BCUT2D eigenvalue weighted by Gasteiger charge is -2.22. The number of hydrogen-bond acceptors (Lipinski definition) is 5. The fourth-order valence-corrected chi connectivity index (χ4v) is 1.51. The van der Waals surface area contributed by atoms with Gasteiger partial charge in [-0.2, -0.15) is 0 Å². The highest BCUT2D eigenvalue weighted by Crippen LogP contribution is 2.02. The highest BCUT2D eigenvalue weighted by Gasteiger charge is 2.24. The van der Waals surface area contributed by atoms with E-state index in [1.165, 1.54) is 6.92 Å². The van der Waals surface area contributed by atoms with Crippen LogP contribution in [0, 0.1) is 5.92 Å². The van der Waals surface area contributed by atoms with Gasteiger partial charge in [0.05, 0.1) is 12.6 Å². The van der Waals surface area contributed by atoms with Gasteiger partial charge in [0.1, 0.15) is 6.04 Å². The van der Waals surface area contributed by atoms with Crippen LogP contribution >= 0.6 is 12.9 Å². The third kappa shape index (κ3) is 4.96. The number of carbonyl (C=O) groups is 2. The molecule has 16 heavy (non-hydrogen) atoms. The Labute approximate surface area is 102 Å². The Bertz CT molecular complexity index is 246. The summed E-state index contributed by atoms with van der Waals surface area (Å²) in [5, 5.41) is 5.53. The number of likely N-dealkylation sites (N-methyl/N-ethyl adjacent to an activating group) is 1. The molecule has 0 rings (SSSR count). The van der Waals surface area contributed by atoms with Crippen LogP contribution in [-0.4, -0.2) is 37.4 Å². The van der Waals surface area contributed by atoms with Crippen LogP contribution in [0.5, 0.6) is 0 Å². The zero-order valence-electron chi connectivity index (χ0n) is 10.1. The molecule has 0 aromatic rings. The maximum Gasteiger partial charge on any atom is 0.238 e. The number of carbonyl (C=O) groups excluding carboxylic acids is 2. The molecule has 0 aromatic heterocycles. The van der Waals surface area contributed by atoms with Crippen molar-refractivity contribution in [2.45, 2.75) is 32.9 Å². The number of nitrogens with one attached hydrogen (secondary N) is 2. The molecule has 2 atom stereocenters. The predicted octanol–water partition coefficient (Wildman–Crippen LogP) is 0.166. The first kappa shape index (κ1) is 15.4. The van der Waals surface area contributed by atoms with Crippen molar-refractivity contribution in [3.8, 4) is 0 Å². The van der Waals surface area contributed by atoms with E-state index < -0.39 is 6.04 Å². The summed E-state index contributed by atoms with van der Waals surface area (Å²) in [6, 6.07) is -0.957. The number of Topliss-reactive ketones (excluding diaryl/α,β-unsaturated/α-hetero) is 1. The molecular formula is C10H20N2O3S. The molecule has 5 nitrogen and oxygen atoms in total. The zero-order valence-corrected chi connectivity index (χ0v) is 11.0. The lowest BCUT2D eigenvalue weighted by molar-refractivity contribution is -0.129. The molecule has 6 heteroatoms. The van der Waals surface area contributed by atoms with E-state index in [4.69, 9.17) is 0 Å². The Kier molecular flexibility index (Phi) is 7.36. The van der Waals surface area contributed by atoms with Crippen LogP contribution in [0.1, 0.15) is 20.8 Å².